The number of carbonyl (C=O) groups excluding carboxylic acids is 1. The Kier molecular flexibility index (Phi) is 5.29. The molecule has 28 heavy (non-hydrogen) atoms. The number of aromatic nitrogens is 5. The van der Waals surface area contributed by atoms with E-state index in [0.717, 1.165) is 15.7 Å². The molecule has 0 radical (unpaired) electrons. The average molecular weight is 438 g/mol. The first-order chi connectivity index (χ1) is 13.7. The van der Waals surface area contributed by atoms with Crippen LogP contribution in [0, 0.1) is 0 Å². The first-order valence-corrected chi connectivity index (χ1v) is 9.39. The molecule has 4 rings (SSSR count). The van der Waals surface area contributed by atoms with Gasteiger partial charge >= 0.3 is 5.97 Å². The van der Waals surface area contributed by atoms with Gasteiger partial charge in [0.15, 0.2) is 18.3 Å². The van der Waals surface area contributed by atoms with Crippen molar-refractivity contribution in [1.29, 1.82) is 0 Å². The second-order valence-corrected chi connectivity index (χ2v) is 6.91. The smallest absolute Gasteiger partial charge is 0.341 e. The van der Waals surface area contributed by atoms with Gasteiger partial charge in [0.05, 0.1) is 17.4 Å². The standard InChI is InChI=1S/C20H16BrN5O2/c21-17-9-5-4-6-14(17)10-18-23-19(25-24-18)13-28-20(27)15-11-22-26(12-15)16-7-2-1-3-8-16/h1-9,11-12H,10,13H2,(H,23,24,25). The minimum Gasteiger partial charge on any atom is -0.454 e. The molecule has 2 aromatic carbocycles. The van der Waals surface area contributed by atoms with Crippen LogP contribution in [0.15, 0.2) is 71.5 Å². The largest absolute Gasteiger partial charge is 0.454 e. The lowest BCUT2D eigenvalue weighted by Crippen LogP contribution is -2.05. The minimum atomic E-state index is -0.467. The third-order valence-corrected chi connectivity index (χ3v) is 4.84. The van der Waals surface area contributed by atoms with Crippen LogP contribution in [0.25, 0.3) is 5.69 Å². The fourth-order valence-electron chi connectivity index (χ4n) is 2.66. The predicted octanol–water partition coefficient (Wildman–Crippen LogP) is 3.70. The lowest BCUT2D eigenvalue weighted by Gasteiger charge is -2.01. The van der Waals surface area contributed by atoms with E-state index >= 15 is 0 Å². The van der Waals surface area contributed by atoms with E-state index in [9.17, 15) is 4.79 Å². The number of carbonyl (C=O) groups is 1. The highest BCUT2D eigenvalue weighted by Gasteiger charge is 2.13. The summed E-state index contributed by atoms with van der Waals surface area (Å²) in [4.78, 5) is 16.6. The average Bonchev–Trinajstić information content (AvgIpc) is 3.38. The molecule has 0 bridgehead atoms. The van der Waals surface area contributed by atoms with Gasteiger partial charge in [-0.15, -0.1) is 0 Å². The van der Waals surface area contributed by atoms with Crippen LogP contribution in [-0.2, 0) is 17.8 Å². The van der Waals surface area contributed by atoms with Gasteiger partial charge in [0.2, 0.25) is 0 Å². The SMILES string of the molecule is O=C(OCc1nc(Cc2ccccc2Br)n[nH]1)c1cnn(-c2ccccc2)c1. The van der Waals surface area contributed by atoms with Crippen LogP contribution in [0.5, 0.6) is 0 Å². The molecule has 0 aliphatic rings. The van der Waals surface area contributed by atoms with Crippen LogP contribution in [0.4, 0.5) is 0 Å². The Balaban J connectivity index is 1.36. The molecule has 2 aromatic heterocycles. The van der Waals surface area contributed by atoms with Crippen molar-refractivity contribution in [2.45, 2.75) is 13.0 Å². The van der Waals surface area contributed by atoms with Crippen LogP contribution in [-0.4, -0.2) is 30.9 Å². The number of aromatic amines is 1. The fourth-order valence-corrected chi connectivity index (χ4v) is 3.08. The summed E-state index contributed by atoms with van der Waals surface area (Å²) in [5.41, 5.74) is 2.32. The van der Waals surface area contributed by atoms with Crippen molar-refractivity contribution < 1.29 is 9.53 Å². The number of hydrogen-bond acceptors (Lipinski definition) is 5. The highest BCUT2D eigenvalue weighted by Crippen LogP contribution is 2.18. The van der Waals surface area contributed by atoms with Crippen LogP contribution in [0.3, 0.4) is 0 Å². The van der Waals surface area contributed by atoms with Gasteiger partial charge in [-0.1, -0.05) is 52.3 Å². The molecule has 8 heteroatoms. The van der Waals surface area contributed by atoms with E-state index in [1.807, 2.05) is 54.6 Å². The first kappa shape index (κ1) is 18.1. The summed E-state index contributed by atoms with van der Waals surface area (Å²) in [6, 6.07) is 17.4. The Morgan fingerprint density at radius 3 is 2.71 bits per heavy atom. The van der Waals surface area contributed by atoms with Crippen LogP contribution >= 0.6 is 15.9 Å². The monoisotopic (exact) mass is 437 g/mol. The number of H-pyrrole nitrogens is 1. The molecule has 0 spiro atoms. The number of para-hydroxylation sites is 1. The zero-order chi connectivity index (χ0) is 19.3. The molecule has 140 valence electrons. The number of benzene rings is 2. The molecule has 0 saturated heterocycles. The van der Waals surface area contributed by atoms with Gasteiger partial charge in [0.25, 0.3) is 0 Å². The lowest BCUT2D eigenvalue weighted by atomic mass is 10.1. The second-order valence-electron chi connectivity index (χ2n) is 6.05. The molecular weight excluding hydrogens is 422 g/mol. The zero-order valence-corrected chi connectivity index (χ0v) is 16.3. The summed E-state index contributed by atoms with van der Waals surface area (Å²) in [5.74, 6) is 0.659. The third kappa shape index (κ3) is 4.17. The van der Waals surface area contributed by atoms with E-state index in [2.05, 4.69) is 36.2 Å². The van der Waals surface area contributed by atoms with Gasteiger partial charge in [0, 0.05) is 17.1 Å². The number of halogens is 1. The first-order valence-electron chi connectivity index (χ1n) is 8.60. The highest BCUT2D eigenvalue weighted by molar-refractivity contribution is 9.10. The maximum atomic E-state index is 12.3. The van der Waals surface area contributed by atoms with E-state index in [0.29, 0.717) is 23.6 Å². The predicted molar refractivity (Wildman–Crippen MR) is 106 cm³/mol. The Morgan fingerprint density at radius 1 is 1.11 bits per heavy atom. The van der Waals surface area contributed by atoms with Crippen molar-refractivity contribution in [3.63, 3.8) is 0 Å². The van der Waals surface area contributed by atoms with E-state index < -0.39 is 5.97 Å². The number of hydrogen-bond donors (Lipinski definition) is 1. The van der Waals surface area contributed by atoms with Gasteiger partial charge < -0.3 is 4.74 Å². The molecule has 0 aliphatic carbocycles. The quantitative estimate of drug-likeness (QED) is 0.464. The molecule has 0 amide bonds. The Hall–Kier alpha value is -3.26. The van der Waals surface area contributed by atoms with Crippen molar-refractivity contribution in [2.24, 2.45) is 0 Å². The molecule has 2 heterocycles. The van der Waals surface area contributed by atoms with E-state index in [1.54, 1.807) is 10.9 Å². The lowest BCUT2D eigenvalue weighted by molar-refractivity contribution is 0.0462. The zero-order valence-electron chi connectivity index (χ0n) is 14.7. The number of esters is 1. The van der Waals surface area contributed by atoms with Gasteiger partial charge in [-0.2, -0.15) is 10.2 Å². The second kappa shape index (κ2) is 8.18. The minimum absolute atomic E-state index is 0.0122. The van der Waals surface area contributed by atoms with Gasteiger partial charge in [-0.3, -0.25) is 5.10 Å². The van der Waals surface area contributed by atoms with Gasteiger partial charge in [0.1, 0.15) is 0 Å². The molecule has 7 nitrogen and oxygen atoms in total. The van der Waals surface area contributed by atoms with E-state index in [4.69, 9.17) is 4.74 Å². The molecule has 0 atom stereocenters. The van der Waals surface area contributed by atoms with E-state index in [1.165, 1.54) is 6.20 Å². The van der Waals surface area contributed by atoms with Crippen LogP contribution < -0.4 is 0 Å². The molecular formula is C20H16BrN5O2. The van der Waals surface area contributed by atoms with Crippen LogP contribution in [0.1, 0.15) is 27.6 Å². The molecule has 0 aliphatic heterocycles. The number of nitrogens with zero attached hydrogens (tertiary/aromatic N) is 4. The summed E-state index contributed by atoms with van der Waals surface area (Å²) in [7, 11) is 0. The number of ether oxygens (including phenoxy) is 1. The van der Waals surface area contributed by atoms with E-state index in [-0.39, 0.29) is 6.61 Å². The highest BCUT2D eigenvalue weighted by atomic mass is 79.9. The third-order valence-electron chi connectivity index (χ3n) is 4.06. The van der Waals surface area contributed by atoms with Crippen molar-refractivity contribution in [3.05, 3.63) is 94.2 Å². The molecule has 1 N–H and O–H groups in total. The summed E-state index contributed by atoms with van der Waals surface area (Å²) < 4.78 is 7.94. The molecule has 0 unspecified atom stereocenters. The van der Waals surface area contributed by atoms with Crippen molar-refractivity contribution >= 4 is 21.9 Å². The van der Waals surface area contributed by atoms with Gasteiger partial charge in [-0.05, 0) is 23.8 Å². The number of nitrogens with one attached hydrogen (secondary N) is 1. The van der Waals surface area contributed by atoms with Crippen molar-refractivity contribution in [1.82, 2.24) is 25.0 Å². The maximum Gasteiger partial charge on any atom is 0.341 e. The topological polar surface area (TPSA) is 85.7 Å². The van der Waals surface area contributed by atoms with Crippen molar-refractivity contribution in [2.75, 3.05) is 0 Å². The Bertz CT molecular complexity index is 1090. The maximum absolute atomic E-state index is 12.3. The Labute approximate surface area is 169 Å². The molecule has 0 fully saturated rings. The van der Waals surface area contributed by atoms with Crippen LogP contribution in [0.2, 0.25) is 0 Å². The Morgan fingerprint density at radius 2 is 1.89 bits per heavy atom. The summed E-state index contributed by atoms with van der Waals surface area (Å²) in [6.07, 6.45) is 3.69. The van der Waals surface area contributed by atoms with Gasteiger partial charge in [-0.25, -0.2) is 14.5 Å². The summed E-state index contributed by atoms with van der Waals surface area (Å²) in [5, 5.41) is 11.2. The number of rotatable bonds is 6. The molecule has 0 saturated carbocycles. The molecule has 4 aromatic rings. The summed E-state index contributed by atoms with van der Waals surface area (Å²) >= 11 is 3.51. The normalized spacial score (nSPS) is 10.8. The summed E-state index contributed by atoms with van der Waals surface area (Å²) in [6.45, 7) is 0.0122. The van der Waals surface area contributed by atoms with Crippen molar-refractivity contribution in [3.8, 4) is 5.69 Å². The fraction of sp³-hybridized carbons (Fsp3) is 0.100.